The number of likely N-dealkylation sites (tertiary alicyclic amines) is 1. The molecule has 2 aliphatic heterocycles. The van der Waals surface area contributed by atoms with Crippen LogP contribution in [0.4, 0.5) is 0 Å². The highest BCUT2D eigenvalue weighted by atomic mass is 16.5. The van der Waals surface area contributed by atoms with Gasteiger partial charge in [-0.25, -0.2) is 0 Å². The molecule has 0 spiro atoms. The van der Waals surface area contributed by atoms with Crippen molar-refractivity contribution in [1.29, 1.82) is 0 Å². The highest BCUT2D eigenvalue weighted by molar-refractivity contribution is 5.97. The first-order valence-electron chi connectivity index (χ1n) is 13.0. The van der Waals surface area contributed by atoms with Gasteiger partial charge in [0, 0.05) is 23.7 Å². The van der Waals surface area contributed by atoms with Gasteiger partial charge in [-0.05, 0) is 97.5 Å². The molecule has 0 aromatic heterocycles. The van der Waals surface area contributed by atoms with Crippen molar-refractivity contribution < 1.29 is 19.7 Å². The van der Waals surface area contributed by atoms with Crippen LogP contribution in [-0.2, 0) is 0 Å². The van der Waals surface area contributed by atoms with E-state index in [1.165, 1.54) is 6.42 Å². The smallest absolute Gasteiger partial charge is 0.150 e. The summed E-state index contributed by atoms with van der Waals surface area (Å²) in [5.74, 6) is 2.68. The molecule has 1 fully saturated rings. The van der Waals surface area contributed by atoms with Crippen molar-refractivity contribution in [3.63, 3.8) is 0 Å². The van der Waals surface area contributed by atoms with E-state index < -0.39 is 0 Å². The summed E-state index contributed by atoms with van der Waals surface area (Å²) in [6, 6.07) is 18.9. The Balaban J connectivity index is 1.45. The normalized spacial score (nSPS) is 20.3. The van der Waals surface area contributed by atoms with E-state index in [1.54, 1.807) is 36.4 Å². The minimum absolute atomic E-state index is 0.183. The third kappa shape index (κ3) is 5.09. The molecule has 3 aromatic carbocycles. The van der Waals surface area contributed by atoms with E-state index in [9.17, 15) is 10.2 Å². The first-order chi connectivity index (χ1) is 17.8. The number of hydrogen-bond acceptors (Lipinski definition) is 5. The molecule has 192 valence electrons. The summed E-state index contributed by atoms with van der Waals surface area (Å²) in [5, 5.41) is 20.2. The molecule has 0 saturated carbocycles. The van der Waals surface area contributed by atoms with E-state index in [2.05, 4.69) is 37.5 Å². The second-order valence-corrected chi connectivity index (χ2v) is 10.3. The van der Waals surface area contributed by atoms with E-state index in [-0.39, 0.29) is 17.6 Å². The van der Waals surface area contributed by atoms with Crippen LogP contribution in [0.2, 0.25) is 0 Å². The molecule has 1 unspecified atom stereocenters. The average Bonchev–Trinajstić information content (AvgIpc) is 3.34. The Labute approximate surface area is 219 Å². The predicted molar refractivity (Wildman–Crippen MR) is 149 cm³/mol. The average molecular weight is 498 g/mol. The van der Waals surface area contributed by atoms with Crippen LogP contribution in [-0.4, -0.2) is 40.9 Å². The van der Waals surface area contributed by atoms with Crippen LogP contribution >= 0.6 is 0 Å². The summed E-state index contributed by atoms with van der Waals surface area (Å²) in [6.45, 7) is 13.5. The van der Waals surface area contributed by atoms with Crippen molar-refractivity contribution in [2.24, 2.45) is 5.92 Å². The number of allylic oxidation sites excluding steroid dienone is 1. The van der Waals surface area contributed by atoms with Crippen molar-refractivity contribution in [3.05, 3.63) is 89.5 Å². The highest BCUT2D eigenvalue weighted by Gasteiger charge is 2.31. The fourth-order valence-electron chi connectivity index (χ4n) is 5.41. The molecule has 37 heavy (non-hydrogen) atoms. The van der Waals surface area contributed by atoms with Gasteiger partial charge in [-0.2, -0.15) is 0 Å². The molecular formula is C32H35NO4. The third-order valence-electron chi connectivity index (χ3n) is 7.58. The summed E-state index contributed by atoms with van der Waals surface area (Å²) in [6.07, 6.45) is 2.62. The van der Waals surface area contributed by atoms with Crippen molar-refractivity contribution >= 4 is 17.2 Å². The molecule has 0 aliphatic carbocycles. The van der Waals surface area contributed by atoms with Crippen LogP contribution in [0.3, 0.4) is 0 Å². The van der Waals surface area contributed by atoms with E-state index in [0.29, 0.717) is 12.6 Å². The van der Waals surface area contributed by atoms with Gasteiger partial charge in [0.25, 0.3) is 0 Å². The molecule has 1 saturated heterocycles. The topological polar surface area (TPSA) is 62.2 Å². The van der Waals surface area contributed by atoms with Crippen molar-refractivity contribution in [1.82, 2.24) is 4.90 Å². The number of phenolic OH excluding ortho intramolecular Hbond substituents is 2. The second kappa shape index (κ2) is 10.3. The summed E-state index contributed by atoms with van der Waals surface area (Å²) in [4.78, 5) is 2.50. The Kier molecular flexibility index (Phi) is 6.98. The van der Waals surface area contributed by atoms with Crippen LogP contribution in [0, 0.1) is 5.92 Å². The van der Waals surface area contributed by atoms with Crippen LogP contribution in [0.1, 0.15) is 55.5 Å². The second-order valence-electron chi connectivity index (χ2n) is 10.3. The zero-order valence-corrected chi connectivity index (χ0v) is 21.8. The van der Waals surface area contributed by atoms with E-state index in [0.717, 1.165) is 63.9 Å². The lowest BCUT2D eigenvalue weighted by Gasteiger charge is -2.32. The Morgan fingerprint density at radius 3 is 2.49 bits per heavy atom. The zero-order chi connectivity index (χ0) is 26.1. The fourth-order valence-corrected chi connectivity index (χ4v) is 5.41. The number of hydrogen-bond donors (Lipinski definition) is 2. The van der Waals surface area contributed by atoms with Gasteiger partial charge in [0.1, 0.15) is 35.7 Å². The third-order valence-corrected chi connectivity index (χ3v) is 7.58. The van der Waals surface area contributed by atoms with Crippen molar-refractivity contribution in [2.75, 3.05) is 19.7 Å². The number of benzene rings is 3. The number of aromatic hydroxyl groups is 2. The first-order valence-corrected chi connectivity index (χ1v) is 13.0. The van der Waals surface area contributed by atoms with Gasteiger partial charge in [0.05, 0.1) is 0 Å². The molecule has 5 rings (SSSR count). The SMILES string of the molecule is C=Cc1cc(O)ccc1C1=C(C)c2cc(O)ccc2OC1c1ccc(OC[C@H](C)N2CC[C@@H](C)C2)cc1. The van der Waals surface area contributed by atoms with Gasteiger partial charge in [0.15, 0.2) is 0 Å². The molecule has 0 radical (unpaired) electrons. The molecule has 2 aliphatic rings. The standard InChI is InChI=1S/C32H35NO4/c1-5-23-16-25(34)8-12-28(23)31-22(4)29-17-26(35)9-13-30(29)37-32(31)24-6-10-27(11-7-24)36-19-21(3)33-15-14-20(2)18-33/h5-13,16-17,20-21,32,34-35H,1,14-15,18-19H2,2-4H3/t20-,21+,32?/m1/s1. The Bertz CT molecular complexity index is 1330. The maximum Gasteiger partial charge on any atom is 0.150 e. The Morgan fingerprint density at radius 2 is 1.78 bits per heavy atom. The molecule has 2 N–H and O–H groups in total. The largest absolute Gasteiger partial charge is 0.508 e. The van der Waals surface area contributed by atoms with E-state index in [4.69, 9.17) is 9.47 Å². The molecular weight excluding hydrogens is 462 g/mol. The molecule has 3 atom stereocenters. The van der Waals surface area contributed by atoms with Gasteiger partial charge in [-0.15, -0.1) is 0 Å². The quantitative estimate of drug-likeness (QED) is 0.371. The zero-order valence-electron chi connectivity index (χ0n) is 21.8. The van der Waals surface area contributed by atoms with Gasteiger partial charge in [-0.1, -0.05) is 37.8 Å². The number of nitrogens with zero attached hydrogens (tertiary/aromatic N) is 1. The van der Waals surface area contributed by atoms with Crippen molar-refractivity contribution in [2.45, 2.75) is 39.3 Å². The summed E-state index contributed by atoms with van der Waals surface area (Å²) < 4.78 is 12.7. The van der Waals surface area contributed by atoms with Gasteiger partial charge in [0.2, 0.25) is 0 Å². The molecule has 0 bridgehead atoms. The lowest BCUT2D eigenvalue weighted by molar-refractivity contribution is 0.169. The van der Waals surface area contributed by atoms with Gasteiger partial charge >= 0.3 is 0 Å². The first kappa shape index (κ1) is 25.0. The van der Waals surface area contributed by atoms with Crippen molar-refractivity contribution in [3.8, 4) is 23.0 Å². The fraction of sp³-hybridized carbons (Fsp3) is 0.312. The van der Waals surface area contributed by atoms with Gasteiger partial charge < -0.3 is 19.7 Å². The summed E-state index contributed by atoms with van der Waals surface area (Å²) in [7, 11) is 0. The molecule has 5 nitrogen and oxygen atoms in total. The van der Waals surface area contributed by atoms with Crippen LogP contribution in [0.15, 0.2) is 67.2 Å². The predicted octanol–water partition coefficient (Wildman–Crippen LogP) is 6.91. The van der Waals surface area contributed by atoms with Crippen LogP contribution in [0.25, 0.3) is 17.2 Å². The Hall–Kier alpha value is -3.70. The molecule has 3 aromatic rings. The number of fused-ring (bicyclic) bond motifs is 1. The lowest BCUT2D eigenvalue weighted by atomic mass is 9.84. The lowest BCUT2D eigenvalue weighted by Crippen LogP contribution is -2.35. The van der Waals surface area contributed by atoms with E-state index in [1.807, 2.05) is 25.1 Å². The monoisotopic (exact) mass is 497 g/mol. The molecule has 0 amide bonds. The van der Waals surface area contributed by atoms with Gasteiger partial charge in [-0.3, -0.25) is 4.90 Å². The van der Waals surface area contributed by atoms with E-state index >= 15 is 0 Å². The molecule has 5 heteroatoms. The molecule has 2 heterocycles. The minimum atomic E-state index is -0.376. The number of ether oxygens (including phenoxy) is 2. The van der Waals surface area contributed by atoms with Crippen LogP contribution in [0.5, 0.6) is 23.0 Å². The summed E-state index contributed by atoms with van der Waals surface area (Å²) in [5.41, 5.74) is 5.56. The highest BCUT2D eigenvalue weighted by Crippen LogP contribution is 2.48. The number of rotatable bonds is 7. The van der Waals surface area contributed by atoms with Crippen LogP contribution < -0.4 is 9.47 Å². The maximum absolute atomic E-state index is 10.1. The summed E-state index contributed by atoms with van der Waals surface area (Å²) >= 11 is 0. The minimum Gasteiger partial charge on any atom is -0.508 e. The maximum atomic E-state index is 10.1. The Morgan fingerprint density at radius 1 is 1.05 bits per heavy atom. The number of phenols is 2.